The Morgan fingerprint density at radius 3 is 2.75 bits per heavy atom. The first kappa shape index (κ1) is 12.1. The number of nitriles is 1. The van der Waals surface area contributed by atoms with Crippen molar-refractivity contribution in [3.05, 3.63) is 27.3 Å². The Kier molecular flexibility index (Phi) is 3.91. The monoisotopic (exact) mass is 242 g/mol. The lowest BCUT2D eigenvalue weighted by atomic mass is 10.3. The molecule has 0 saturated carbocycles. The summed E-state index contributed by atoms with van der Waals surface area (Å²) in [5.74, 6) is 0.202. The molecule has 0 amide bonds. The smallest absolute Gasteiger partial charge is 0.312 e. The fourth-order valence-electron chi connectivity index (χ4n) is 1.05. The molecule has 1 rings (SSSR count). The van der Waals surface area contributed by atoms with Crippen molar-refractivity contribution < 1.29 is 14.4 Å². The Morgan fingerprint density at radius 1 is 1.56 bits per heavy atom. The summed E-state index contributed by atoms with van der Waals surface area (Å²) in [5.41, 5.74) is -0.253. The van der Waals surface area contributed by atoms with Gasteiger partial charge < -0.3 is 9.47 Å². The van der Waals surface area contributed by atoms with Crippen molar-refractivity contribution in [1.29, 1.82) is 5.26 Å². The number of methoxy groups -OCH3 is 1. The zero-order valence-corrected chi connectivity index (χ0v) is 9.02. The van der Waals surface area contributed by atoms with Gasteiger partial charge in [-0.3, -0.25) is 10.1 Å². The maximum Gasteiger partial charge on any atom is 0.312 e. The molecule has 6 nitrogen and oxygen atoms in total. The number of benzene rings is 1. The van der Waals surface area contributed by atoms with Gasteiger partial charge in [-0.05, 0) is 0 Å². The first-order valence-electron chi connectivity index (χ1n) is 4.11. The third-order valence-electron chi connectivity index (χ3n) is 1.72. The van der Waals surface area contributed by atoms with Crippen molar-refractivity contribution in [3.8, 4) is 17.6 Å². The van der Waals surface area contributed by atoms with E-state index in [-0.39, 0.29) is 28.8 Å². The van der Waals surface area contributed by atoms with Gasteiger partial charge in [-0.15, -0.1) is 0 Å². The third-order valence-corrected chi connectivity index (χ3v) is 2.02. The quantitative estimate of drug-likeness (QED) is 0.596. The van der Waals surface area contributed by atoms with Crippen LogP contribution in [-0.2, 0) is 0 Å². The molecule has 0 saturated heterocycles. The van der Waals surface area contributed by atoms with Crippen LogP contribution in [0.15, 0.2) is 12.1 Å². The average molecular weight is 243 g/mol. The summed E-state index contributed by atoms with van der Waals surface area (Å²) in [5, 5.41) is 19.0. The van der Waals surface area contributed by atoms with E-state index in [1.54, 1.807) is 6.07 Å². The molecule has 0 spiro atoms. The molecule has 0 unspecified atom stereocenters. The molecule has 0 radical (unpaired) electrons. The van der Waals surface area contributed by atoms with Gasteiger partial charge in [-0.2, -0.15) is 5.26 Å². The summed E-state index contributed by atoms with van der Waals surface area (Å²) in [7, 11) is 1.30. The van der Waals surface area contributed by atoms with E-state index in [0.29, 0.717) is 0 Å². The summed E-state index contributed by atoms with van der Waals surface area (Å²) in [6, 6.07) is 4.16. The second kappa shape index (κ2) is 5.19. The SMILES string of the molecule is COc1cc(OCC#N)c(Cl)cc1[N+](=O)[O-]. The molecular formula is C9H7ClN2O4. The number of nitro groups is 1. The lowest BCUT2D eigenvalue weighted by Crippen LogP contribution is -1.98. The highest BCUT2D eigenvalue weighted by atomic mass is 35.5. The van der Waals surface area contributed by atoms with Crippen LogP contribution in [0.3, 0.4) is 0 Å². The third kappa shape index (κ3) is 2.52. The van der Waals surface area contributed by atoms with Crippen molar-refractivity contribution in [1.82, 2.24) is 0 Å². The van der Waals surface area contributed by atoms with Crippen molar-refractivity contribution in [2.75, 3.05) is 13.7 Å². The van der Waals surface area contributed by atoms with Crippen LogP contribution in [-0.4, -0.2) is 18.6 Å². The van der Waals surface area contributed by atoms with Gasteiger partial charge in [0.15, 0.2) is 6.61 Å². The van der Waals surface area contributed by atoms with Crippen LogP contribution < -0.4 is 9.47 Å². The van der Waals surface area contributed by atoms with E-state index in [0.717, 1.165) is 6.07 Å². The molecule has 84 valence electrons. The van der Waals surface area contributed by atoms with Crippen LogP contribution in [0.5, 0.6) is 11.5 Å². The van der Waals surface area contributed by atoms with Gasteiger partial charge in [-0.25, -0.2) is 0 Å². The van der Waals surface area contributed by atoms with E-state index >= 15 is 0 Å². The highest BCUT2D eigenvalue weighted by Crippen LogP contribution is 2.37. The number of ether oxygens (including phenoxy) is 2. The van der Waals surface area contributed by atoms with E-state index in [1.165, 1.54) is 13.2 Å². The summed E-state index contributed by atoms with van der Waals surface area (Å²) in [4.78, 5) is 10.0. The standard InChI is InChI=1S/C9H7ClN2O4/c1-15-9-5-8(16-3-2-11)6(10)4-7(9)12(13)14/h4-5H,3H2,1H3. The Labute approximate surface area is 96.1 Å². The van der Waals surface area contributed by atoms with Crippen LogP contribution in [0.2, 0.25) is 5.02 Å². The van der Waals surface area contributed by atoms with Crippen LogP contribution in [0.25, 0.3) is 0 Å². The van der Waals surface area contributed by atoms with Gasteiger partial charge in [0.25, 0.3) is 0 Å². The average Bonchev–Trinajstić information content (AvgIpc) is 2.26. The fraction of sp³-hybridized carbons (Fsp3) is 0.222. The van der Waals surface area contributed by atoms with Crippen molar-refractivity contribution >= 4 is 17.3 Å². The Morgan fingerprint density at radius 2 is 2.25 bits per heavy atom. The van der Waals surface area contributed by atoms with Crippen LogP contribution in [0.1, 0.15) is 0 Å². The molecule has 7 heteroatoms. The molecular weight excluding hydrogens is 236 g/mol. The van der Waals surface area contributed by atoms with Gasteiger partial charge in [0.2, 0.25) is 5.75 Å². The van der Waals surface area contributed by atoms with E-state index in [9.17, 15) is 10.1 Å². The fourth-order valence-corrected chi connectivity index (χ4v) is 1.26. The molecule has 0 aliphatic carbocycles. The second-order valence-electron chi connectivity index (χ2n) is 2.66. The number of hydrogen-bond acceptors (Lipinski definition) is 5. The lowest BCUT2D eigenvalue weighted by molar-refractivity contribution is -0.385. The molecule has 0 bridgehead atoms. The summed E-state index contributed by atoms with van der Waals surface area (Å²) in [6.45, 7) is -0.194. The molecule has 0 N–H and O–H groups in total. The maximum absolute atomic E-state index is 10.6. The largest absolute Gasteiger partial charge is 0.490 e. The topological polar surface area (TPSA) is 85.4 Å². The molecule has 16 heavy (non-hydrogen) atoms. The van der Waals surface area contributed by atoms with Gasteiger partial charge in [0, 0.05) is 12.1 Å². The molecule has 0 fully saturated rings. The van der Waals surface area contributed by atoms with Gasteiger partial charge in [0.05, 0.1) is 17.1 Å². The summed E-state index contributed by atoms with van der Waals surface area (Å²) < 4.78 is 9.79. The molecule has 0 aliphatic heterocycles. The van der Waals surface area contributed by atoms with Gasteiger partial charge in [-0.1, -0.05) is 11.6 Å². The lowest BCUT2D eigenvalue weighted by Gasteiger charge is -2.07. The predicted octanol–water partition coefficient (Wildman–Crippen LogP) is 2.16. The van der Waals surface area contributed by atoms with Crippen molar-refractivity contribution in [2.45, 2.75) is 0 Å². The zero-order chi connectivity index (χ0) is 12.1. The number of rotatable bonds is 4. The van der Waals surface area contributed by atoms with Crippen molar-refractivity contribution in [2.24, 2.45) is 0 Å². The maximum atomic E-state index is 10.6. The Balaban J connectivity index is 3.16. The minimum Gasteiger partial charge on any atom is -0.490 e. The highest BCUT2D eigenvalue weighted by Gasteiger charge is 2.18. The summed E-state index contributed by atoms with van der Waals surface area (Å²) in [6.07, 6.45) is 0. The van der Waals surface area contributed by atoms with E-state index < -0.39 is 4.92 Å². The van der Waals surface area contributed by atoms with Gasteiger partial charge >= 0.3 is 5.69 Å². The molecule has 0 aromatic heterocycles. The number of nitro benzene ring substituents is 1. The normalized spacial score (nSPS) is 9.31. The molecule has 1 aromatic rings. The van der Waals surface area contributed by atoms with Crippen LogP contribution in [0.4, 0.5) is 5.69 Å². The number of halogens is 1. The zero-order valence-electron chi connectivity index (χ0n) is 8.27. The molecule has 0 aliphatic rings. The minimum absolute atomic E-state index is 0.0299. The van der Waals surface area contributed by atoms with E-state index in [2.05, 4.69) is 0 Å². The predicted molar refractivity (Wildman–Crippen MR) is 55.8 cm³/mol. The Bertz CT molecular complexity index is 456. The van der Waals surface area contributed by atoms with Crippen LogP contribution in [0, 0.1) is 21.4 Å². The first-order valence-corrected chi connectivity index (χ1v) is 4.49. The first-order chi connectivity index (χ1) is 7.60. The molecule has 0 atom stereocenters. The van der Waals surface area contributed by atoms with E-state index in [1.807, 2.05) is 0 Å². The van der Waals surface area contributed by atoms with Crippen molar-refractivity contribution in [3.63, 3.8) is 0 Å². The molecule has 1 aromatic carbocycles. The molecule has 0 heterocycles. The second-order valence-corrected chi connectivity index (χ2v) is 3.07. The number of nitrogens with zero attached hydrogens (tertiary/aromatic N) is 2. The number of hydrogen-bond donors (Lipinski definition) is 0. The van der Waals surface area contributed by atoms with E-state index in [4.69, 9.17) is 26.3 Å². The summed E-state index contributed by atoms with van der Waals surface area (Å²) >= 11 is 5.74. The highest BCUT2D eigenvalue weighted by molar-refractivity contribution is 6.32. The minimum atomic E-state index is -0.612. The van der Waals surface area contributed by atoms with Gasteiger partial charge in [0.1, 0.15) is 11.8 Å². The Hall–Kier alpha value is -2.00. The van der Waals surface area contributed by atoms with Crippen LogP contribution >= 0.6 is 11.6 Å².